The minimum Gasteiger partial charge on any atom is -0.487 e. The summed E-state index contributed by atoms with van der Waals surface area (Å²) in [6, 6.07) is 13.2. The zero-order valence-electron chi connectivity index (χ0n) is 18.7. The second kappa shape index (κ2) is 7.73. The molecule has 1 spiro atoms. The average Bonchev–Trinajstić information content (AvgIpc) is 3.31. The summed E-state index contributed by atoms with van der Waals surface area (Å²) in [5.74, 6) is -1.43. The molecule has 2 aliphatic heterocycles. The van der Waals surface area contributed by atoms with Gasteiger partial charge in [0.2, 0.25) is 11.7 Å². The van der Waals surface area contributed by atoms with Gasteiger partial charge in [0.05, 0.1) is 6.54 Å². The van der Waals surface area contributed by atoms with Crippen LogP contribution in [0.15, 0.2) is 59.0 Å². The summed E-state index contributed by atoms with van der Waals surface area (Å²) in [7, 11) is 0. The number of ether oxygens (including phenoxy) is 2. The molecule has 0 fully saturated rings. The van der Waals surface area contributed by atoms with Crippen molar-refractivity contribution in [2.45, 2.75) is 50.6 Å². The Kier molecular flexibility index (Phi) is 5.12. The standard InChI is InChI=1S/C25H20F5NO4/c1-23(2)13-24(17-9-7-14(34-22(26)27)11-19(17)35-23)16-5-3-4-6-18(16)31(21(24)32)12-15-8-10-20(33-15)25(28,29)30/h3-11,22H,12-13H2,1-2H3. The van der Waals surface area contributed by atoms with Gasteiger partial charge in [-0.05, 0) is 43.7 Å². The molecule has 3 aromatic rings. The van der Waals surface area contributed by atoms with E-state index in [1.165, 1.54) is 29.2 Å². The summed E-state index contributed by atoms with van der Waals surface area (Å²) in [4.78, 5) is 15.5. The average molecular weight is 493 g/mol. The third kappa shape index (κ3) is 3.81. The number of benzene rings is 2. The maximum atomic E-state index is 14.1. The van der Waals surface area contributed by atoms with Crippen LogP contribution in [0, 0.1) is 0 Å². The van der Waals surface area contributed by atoms with Gasteiger partial charge in [-0.2, -0.15) is 22.0 Å². The van der Waals surface area contributed by atoms with Crippen molar-refractivity contribution in [3.8, 4) is 11.5 Å². The van der Waals surface area contributed by atoms with E-state index in [-0.39, 0.29) is 36.1 Å². The molecule has 3 heterocycles. The molecule has 5 rings (SSSR count). The summed E-state index contributed by atoms with van der Waals surface area (Å²) in [6.07, 6.45) is -4.42. The van der Waals surface area contributed by atoms with Gasteiger partial charge in [-0.25, -0.2) is 0 Å². The molecule has 0 saturated heterocycles. The number of rotatable bonds is 4. The molecular weight excluding hydrogens is 473 g/mol. The number of carbonyl (C=O) groups excluding carboxylic acids is 1. The number of alkyl halides is 5. The predicted octanol–water partition coefficient (Wildman–Crippen LogP) is 6.29. The highest BCUT2D eigenvalue weighted by molar-refractivity contribution is 6.11. The maximum Gasteiger partial charge on any atom is 0.449 e. The first-order valence-electron chi connectivity index (χ1n) is 10.8. The molecule has 0 N–H and O–H groups in total. The van der Waals surface area contributed by atoms with Crippen molar-refractivity contribution in [3.05, 3.63) is 77.2 Å². The molecule has 35 heavy (non-hydrogen) atoms. The summed E-state index contributed by atoms with van der Waals surface area (Å²) < 4.78 is 80.2. The Labute approximate surface area is 197 Å². The molecule has 1 atom stereocenters. The number of halogens is 5. The Balaban J connectivity index is 1.62. The SMILES string of the molecule is CC1(C)CC2(C(=O)N(Cc3ccc(C(F)(F)F)o3)c3ccccc32)c2ccc(OC(F)F)cc2O1. The molecule has 10 heteroatoms. The fourth-order valence-corrected chi connectivity index (χ4v) is 5.07. The molecule has 184 valence electrons. The van der Waals surface area contributed by atoms with Crippen LogP contribution in [0.3, 0.4) is 0 Å². The zero-order valence-corrected chi connectivity index (χ0v) is 18.7. The second-order valence-electron chi connectivity index (χ2n) is 9.15. The second-order valence-corrected chi connectivity index (χ2v) is 9.15. The molecule has 0 bridgehead atoms. The molecular formula is C25H20F5NO4. The number of hydrogen-bond donors (Lipinski definition) is 0. The van der Waals surface area contributed by atoms with E-state index in [2.05, 4.69) is 4.74 Å². The first-order valence-corrected chi connectivity index (χ1v) is 10.8. The topological polar surface area (TPSA) is 51.9 Å². The van der Waals surface area contributed by atoms with Crippen LogP contribution in [0.4, 0.5) is 27.6 Å². The molecule has 1 unspecified atom stereocenters. The molecule has 2 aliphatic rings. The third-order valence-corrected chi connectivity index (χ3v) is 6.24. The molecule has 1 aromatic heterocycles. The number of para-hydroxylation sites is 1. The van der Waals surface area contributed by atoms with E-state index >= 15 is 0 Å². The van der Waals surface area contributed by atoms with E-state index in [4.69, 9.17) is 9.15 Å². The summed E-state index contributed by atoms with van der Waals surface area (Å²) in [5, 5.41) is 0. The van der Waals surface area contributed by atoms with Gasteiger partial charge in [0.1, 0.15) is 28.3 Å². The third-order valence-electron chi connectivity index (χ3n) is 6.24. The van der Waals surface area contributed by atoms with Gasteiger partial charge in [0, 0.05) is 23.7 Å². The Morgan fingerprint density at radius 1 is 1.06 bits per heavy atom. The van der Waals surface area contributed by atoms with Gasteiger partial charge in [0.15, 0.2) is 0 Å². The normalized spacial score (nSPS) is 20.7. The van der Waals surface area contributed by atoms with Gasteiger partial charge in [-0.15, -0.1) is 0 Å². The quantitative estimate of drug-likeness (QED) is 0.401. The number of nitrogens with zero attached hydrogens (tertiary/aromatic N) is 1. The minimum atomic E-state index is -4.64. The van der Waals surface area contributed by atoms with Crippen molar-refractivity contribution in [1.29, 1.82) is 0 Å². The first-order chi connectivity index (χ1) is 16.4. The number of amides is 1. The molecule has 0 aliphatic carbocycles. The fraction of sp³-hybridized carbons (Fsp3) is 0.320. The van der Waals surface area contributed by atoms with Crippen molar-refractivity contribution >= 4 is 11.6 Å². The Morgan fingerprint density at radius 3 is 2.49 bits per heavy atom. The summed E-state index contributed by atoms with van der Waals surface area (Å²) >= 11 is 0. The monoisotopic (exact) mass is 493 g/mol. The van der Waals surface area contributed by atoms with Crippen molar-refractivity contribution in [3.63, 3.8) is 0 Å². The lowest BCUT2D eigenvalue weighted by molar-refractivity contribution is -0.153. The summed E-state index contributed by atoms with van der Waals surface area (Å²) in [5.41, 5.74) is -0.472. The lowest BCUT2D eigenvalue weighted by Crippen LogP contribution is -2.50. The van der Waals surface area contributed by atoms with Gasteiger partial charge in [-0.1, -0.05) is 24.3 Å². The number of hydrogen-bond acceptors (Lipinski definition) is 4. The molecule has 1 amide bonds. The molecule has 5 nitrogen and oxygen atoms in total. The van der Waals surface area contributed by atoms with Gasteiger partial charge >= 0.3 is 12.8 Å². The van der Waals surface area contributed by atoms with Crippen molar-refractivity contribution in [1.82, 2.24) is 0 Å². The highest BCUT2D eigenvalue weighted by Crippen LogP contribution is 2.56. The smallest absolute Gasteiger partial charge is 0.449 e. The van der Waals surface area contributed by atoms with Crippen molar-refractivity contribution in [2.75, 3.05) is 4.90 Å². The van der Waals surface area contributed by atoms with E-state index in [1.54, 1.807) is 38.1 Å². The van der Waals surface area contributed by atoms with E-state index in [0.717, 1.165) is 6.07 Å². The fourth-order valence-electron chi connectivity index (χ4n) is 5.07. The largest absolute Gasteiger partial charge is 0.487 e. The highest BCUT2D eigenvalue weighted by Gasteiger charge is 2.58. The maximum absolute atomic E-state index is 14.1. The molecule has 2 aromatic carbocycles. The minimum absolute atomic E-state index is 0.0234. The number of fused-ring (bicyclic) bond motifs is 4. The van der Waals surface area contributed by atoms with Crippen molar-refractivity contribution in [2.24, 2.45) is 0 Å². The van der Waals surface area contributed by atoms with Crippen LogP contribution in [0.5, 0.6) is 11.5 Å². The van der Waals surface area contributed by atoms with Crippen LogP contribution < -0.4 is 14.4 Å². The molecule has 0 radical (unpaired) electrons. The summed E-state index contributed by atoms with van der Waals surface area (Å²) in [6.45, 7) is 0.312. The predicted molar refractivity (Wildman–Crippen MR) is 115 cm³/mol. The Morgan fingerprint density at radius 2 is 1.80 bits per heavy atom. The highest BCUT2D eigenvalue weighted by atomic mass is 19.4. The number of furan rings is 1. The van der Waals surface area contributed by atoms with Crippen LogP contribution in [-0.2, 0) is 22.9 Å². The number of carbonyl (C=O) groups is 1. The van der Waals surface area contributed by atoms with Gasteiger partial charge in [0.25, 0.3) is 0 Å². The zero-order chi connectivity index (χ0) is 25.2. The van der Waals surface area contributed by atoms with Crippen molar-refractivity contribution < 1.29 is 40.6 Å². The van der Waals surface area contributed by atoms with E-state index in [9.17, 15) is 26.7 Å². The van der Waals surface area contributed by atoms with Gasteiger partial charge < -0.3 is 18.8 Å². The van der Waals surface area contributed by atoms with Crippen LogP contribution in [0.1, 0.15) is 42.9 Å². The molecule has 0 saturated carbocycles. The first kappa shape index (κ1) is 23.2. The Bertz CT molecular complexity index is 1300. The lowest BCUT2D eigenvalue weighted by atomic mass is 9.67. The van der Waals surface area contributed by atoms with Crippen LogP contribution >= 0.6 is 0 Å². The van der Waals surface area contributed by atoms with Gasteiger partial charge in [-0.3, -0.25) is 4.79 Å². The lowest BCUT2D eigenvalue weighted by Gasteiger charge is -2.43. The van der Waals surface area contributed by atoms with Crippen LogP contribution in [0.2, 0.25) is 0 Å². The van der Waals surface area contributed by atoms with E-state index in [1.807, 2.05) is 0 Å². The van der Waals surface area contributed by atoms with E-state index < -0.39 is 29.6 Å². The van der Waals surface area contributed by atoms with E-state index in [0.29, 0.717) is 16.8 Å². The van der Waals surface area contributed by atoms with Crippen LogP contribution in [0.25, 0.3) is 0 Å². The number of anilines is 1. The van der Waals surface area contributed by atoms with Crippen LogP contribution in [-0.4, -0.2) is 18.1 Å². The Hall–Kier alpha value is -3.56.